The van der Waals surface area contributed by atoms with Crippen molar-refractivity contribution in [2.24, 2.45) is 5.92 Å². The van der Waals surface area contributed by atoms with Crippen LogP contribution < -0.4 is 10.6 Å². The van der Waals surface area contributed by atoms with E-state index in [4.69, 9.17) is 0 Å². The summed E-state index contributed by atoms with van der Waals surface area (Å²) in [6, 6.07) is 6.03. The number of thiophene rings is 1. The molecule has 1 aromatic heterocycles. The average molecular weight is 399 g/mol. The zero-order valence-electron chi connectivity index (χ0n) is 15.7. The number of nitrogens with one attached hydrogen (secondary N) is 2. The molecule has 0 saturated carbocycles. The molecule has 1 aliphatic rings. The number of hydrogen-bond acceptors (Lipinski definition) is 5. The molecule has 1 aromatic carbocycles. The number of anilines is 1. The topological polar surface area (TPSA) is 101 Å². The third kappa shape index (κ3) is 4.28. The van der Waals surface area contributed by atoms with Crippen LogP contribution in [0.15, 0.2) is 30.3 Å². The van der Waals surface area contributed by atoms with Crippen molar-refractivity contribution in [1.82, 2.24) is 5.32 Å². The van der Waals surface area contributed by atoms with Crippen LogP contribution in [-0.2, 0) is 17.6 Å². The Balaban J connectivity index is 1.81. The van der Waals surface area contributed by atoms with E-state index in [1.54, 1.807) is 19.2 Å². The van der Waals surface area contributed by atoms with E-state index in [2.05, 4.69) is 17.6 Å². The van der Waals surface area contributed by atoms with E-state index in [0.717, 1.165) is 29.7 Å². The van der Waals surface area contributed by atoms with Gasteiger partial charge in [0.2, 0.25) is 5.91 Å². The molecular weight excluding hydrogens is 378 g/mol. The van der Waals surface area contributed by atoms with Gasteiger partial charge in [0.25, 0.3) is 11.6 Å². The fraction of sp³-hybridized carbons (Fsp3) is 0.300. The number of non-ortho nitro benzene ring substituents is 1. The van der Waals surface area contributed by atoms with Crippen LogP contribution in [0.3, 0.4) is 0 Å². The average Bonchev–Trinajstić information content (AvgIpc) is 3.02. The molecule has 2 aromatic rings. The second-order valence-electron chi connectivity index (χ2n) is 6.81. The number of carbonyl (C=O) groups is 2. The summed E-state index contributed by atoms with van der Waals surface area (Å²) in [5.41, 5.74) is 2.09. The Morgan fingerprint density at radius 1 is 1.36 bits per heavy atom. The molecule has 0 radical (unpaired) electrons. The summed E-state index contributed by atoms with van der Waals surface area (Å²) in [6.07, 6.45) is 5.58. The first-order valence-corrected chi connectivity index (χ1v) is 9.80. The van der Waals surface area contributed by atoms with Gasteiger partial charge >= 0.3 is 0 Å². The quantitative estimate of drug-likeness (QED) is 0.454. The molecule has 1 atom stereocenters. The maximum atomic E-state index is 12.4. The minimum Gasteiger partial charge on any atom is -0.355 e. The fourth-order valence-corrected chi connectivity index (χ4v) is 4.68. The summed E-state index contributed by atoms with van der Waals surface area (Å²) in [7, 11) is 1.58. The van der Waals surface area contributed by atoms with E-state index in [1.807, 2.05) is 0 Å². The maximum Gasteiger partial charge on any atom is 0.270 e. The molecule has 3 rings (SSSR count). The standard InChI is InChI=1S/C20H21N3O4S/c1-12-6-8-15-16(10-12)28-20(18(15)19(25)21-2)22-17(24)9-7-13-4-3-5-14(11-13)23(26)27/h3-5,7,9,11-12H,6,8,10H2,1-2H3,(H,21,25)(H,22,24)/b9-7+/t12-/m0/s1. The fourth-order valence-electron chi connectivity index (χ4n) is 3.27. The predicted molar refractivity (Wildman–Crippen MR) is 110 cm³/mol. The molecule has 0 unspecified atom stereocenters. The highest BCUT2D eigenvalue weighted by Crippen LogP contribution is 2.39. The molecule has 1 heterocycles. The Kier molecular flexibility index (Phi) is 5.89. The molecule has 0 fully saturated rings. The minimum atomic E-state index is -0.482. The number of benzene rings is 1. The van der Waals surface area contributed by atoms with Crippen molar-refractivity contribution in [3.8, 4) is 0 Å². The number of nitrogens with zero attached hydrogens (tertiary/aromatic N) is 1. The molecule has 8 heteroatoms. The zero-order valence-corrected chi connectivity index (χ0v) is 16.5. The van der Waals surface area contributed by atoms with Crippen LogP contribution in [0.1, 0.15) is 39.7 Å². The molecule has 7 nitrogen and oxygen atoms in total. The summed E-state index contributed by atoms with van der Waals surface area (Å²) in [5.74, 6) is -0.0330. The number of rotatable bonds is 5. The van der Waals surface area contributed by atoms with Gasteiger partial charge in [0.15, 0.2) is 0 Å². The van der Waals surface area contributed by atoms with Gasteiger partial charge in [0.1, 0.15) is 5.00 Å². The normalized spacial score (nSPS) is 15.9. The highest BCUT2D eigenvalue weighted by Gasteiger charge is 2.27. The second-order valence-corrected chi connectivity index (χ2v) is 7.91. The monoisotopic (exact) mass is 399 g/mol. The molecule has 28 heavy (non-hydrogen) atoms. The molecule has 2 N–H and O–H groups in total. The lowest BCUT2D eigenvalue weighted by Gasteiger charge is -2.18. The van der Waals surface area contributed by atoms with Crippen molar-refractivity contribution in [3.63, 3.8) is 0 Å². The van der Waals surface area contributed by atoms with Gasteiger partial charge in [-0.2, -0.15) is 0 Å². The van der Waals surface area contributed by atoms with Crippen molar-refractivity contribution >= 4 is 39.9 Å². The lowest BCUT2D eigenvalue weighted by atomic mass is 9.88. The van der Waals surface area contributed by atoms with Crippen molar-refractivity contribution in [3.05, 3.63) is 62.0 Å². The van der Waals surface area contributed by atoms with Crippen molar-refractivity contribution in [1.29, 1.82) is 0 Å². The maximum absolute atomic E-state index is 12.4. The van der Waals surface area contributed by atoms with Crippen molar-refractivity contribution in [2.75, 3.05) is 12.4 Å². The summed E-state index contributed by atoms with van der Waals surface area (Å²) in [5, 5.41) is 16.9. The van der Waals surface area contributed by atoms with E-state index in [-0.39, 0.29) is 17.5 Å². The smallest absolute Gasteiger partial charge is 0.270 e. The van der Waals surface area contributed by atoms with Crippen LogP contribution in [0, 0.1) is 16.0 Å². The van der Waals surface area contributed by atoms with E-state index < -0.39 is 4.92 Å². The second kappa shape index (κ2) is 8.35. The van der Waals surface area contributed by atoms with Crippen LogP contribution in [0.4, 0.5) is 10.7 Å². The summed E-state index contributed by atoms with van der Waals surface area (Å²) < 4.78 is 0. The SMILES string of the molecule is CNC(=O)c1c(NC(=O)/C=C/c2cccc([N+](=O)[O-])c2)sc2c1CC[C@H](C)C2. The number of nitro benzene ring substituents is 1. The van der Waals surface area contributed by atoms with Crippen molar-refractivity contribution < 1.29 is 14.5 Å². The lowest BCUT2D eigenvalue weighted by Crippen LogP contribution is -2.22. The van der Waals surface area contributed by atoms with Gasteiger partial charge in [-0.05, 0) is 42.4 Å². The first-order valence-electron chi connectivity index (χ1n) is 8.99. The van der Waals surface area contributed by atoms with Crippen LogP contribution in [0.2, 0.25) is 0 Å². The molecule has 0 spiro atoms. The van der Waals surface area contributed by atoms with Crippen LogP contribution >= 0.6 is 11.3 Å². The van der Waals surface area contributed by atoms with Gasteiger partial charge in [-0.1, -0.05) is 19.1 Å². The molecule has 0 saturated heterocycles. The highest BCUT2D eigenvalue weighted by molar-refractivity contribution is 7.17. The first kappa shape index (κ1) is 19.8. The number of nitro groups is 1. The number of fused-ring (bicyclic) bond motifs is 1. The van der Waals surface area contributed by atoms with Gasteiger partial charge in [0.05, 0.1) is 10.5 Å². The van der Waals surface area contributed by atoms with Crippen LogP contribution in [0.25, 0.3) is 6.08 Å². The third-order valence-electron chi connectivity index (χ3n) is 4.71. The summed E-state index contributed by atoms with van der Waals surface area (Å²) in [6.45, 7) is 2.18. The Bertz CT molecular complexity index is 964. The zero-order chi connectivity index (χ0) is 20.3. The molecule has 0 aliphatic heterocycles. The minimum absolute atomic E-state index is 0.0375. The van der Waals surface area contributed by atoms with E-state index in [0.29, 0.717) is 22.0 Å². The number of amides is 2. The number of hydrogen-bond donors (Lipinski definition) is 2. The third-order valence-corrected chi connectivity index (χ3v) is 5.88. The Morgan fingerprint density at radius 2 is 2.14 bits per heavy atom. The Morgan fingerprint density at radius 3 is 2.86 bits per heavy atom. The largest absolute Gasteiger partial charge is 0.355 e. The Hall–Kier alpha value is -3.00. The first-order chi connectivity index (χ1) is 13.4. The molecule has 2 amide bonds. The van der Waals surface area contributed by atoms with Gasteiger partial charge < -0.3 is 10.6 Å². The lowest BCUT2D eigenvalue weighted by molar-refractivity contribution is -0.384. The van der Waals surface area contributed by atoms with Gasteiger partial charge in [-0.3, -0.25) is 19.7 Å². The number of carbonyl (C=O) groups excluding carboxylic acids is 2. The van der Waals surface area contributed by atoms with Crippen LogP contribution in [0.5, 0.6) is 0 Å². The van der Waals surface area contributed by atoms with Crippen LogP contribution in [-0.4, -0.2) is 23.8 Å². The molecule has 146 valence electrons. The van der Waals surface area contributed by atoms with Crippen molar-refractivity contribution in [2.45, 2.75) is 26.2 Å². The molecule has 0 bridgehead atoms. The molecular formula is C20H21N3O4S. The van der Waals surface area contributed by atoms with Gasteiger partial charge in [-0.25, -0.2) is 0 Å². The molecule has 1 aliphatic carbocycles. The predicted octanol–water partition coefficient (Wildman–Crippen LogP) is 3.79. The van der Waals surface area contributed by atoms with Gasteiger partial charge in [0, 0.05) is 30.1 Å². The van der Waals surface area contributed by atoms with E-state index in [9.17, 15) is 19.7 Å². The van der Waals surface area contributed by atoms with Gasteiger partial charge in [-0.15, -0.1) is 11.3 Å². The Labute approximate surface area is 166 Å². The summed E-state index contributed by atoms with van der Waals surface area (Å²) >= 11 is 1.45. The summed E-state index contributed by atoms with van der Waals surface area (Å²) in [4.78, 5) is 36.3. The highest BCUT2D eigenvalue weighted by atomic mass is 32.1. The van der Waals surface area contributed by atoms with E-state index >= 15 is 0 Å². The van der Waals surface area contributed by atoms with E-state index in [1.165, 1.54) is 35.6 Å².